The zero-order valence-electron chi connectivity index (χ0n) is 13.1. The average Bonchev–Trinajstić information content (AvgIpc) is 2.98. The third-order valence-corrected chi connectivity index (χ3v) is 4.04. The highest BCUT2D eigenvalue weighted by Crippen LogP contribution is 2.23. The van der Waals surface area contributed by atoms with Gasteiger partial charge in [-0.15, -0.1) is 0 Å². The molecule has 0 spiro atoms. The third kappa shape index (κ3) is 3.28. The van der Waals surface area contributed by atoms with Crippen molar-refractivity contribution in [2.45, 2.75) is 0 Å². The molecule has 24 heavy (non-hydrogen) atoms. The average molecular weight is 345 g/mol. The van der Waals surface area contributed by atoms with Gasteiger partial charge in [0.05, 0.1) is 7.11 Å². The Morgan fingerprint density at radius 2 is 1.79 bits per heavy atom. The number of rotatable bonds is 3. The predicted octanol–water partition coefficient (Wildman–Crippen LogP) is 3.64. The molecule has 1 heterocycles. The maximum Gasteiger partial charge on any atom is 0.328 e. The maximum atomic E-state index is 12.4. The number of nitrogens with one attached hydrogen (secondary N) is 2. The van der Waals surface area contributed by atoms with Gasteiger partial charge in [-0.2, -0.15) is 0 Å². The lowest BCUT2D eigenvalue weighted by molar-refractivity contribution is 0.236. The van der Waals surface area contributed by atoms with Gasteiger partial charge in [-0.05, 0) is 48.5 Å². The molecule has 124 valence electrons. The SMILES string of the molecule is COc1ccc(N2CCN(C(=O)Nc3ccc(Cl)cc3)C2=N)cc1. The molecule has 0 aliphatic carbocycles. The lowest BCUT2D eigenvalue weighted by Crippen LogP contribution is -2.39. The van der Waals surface area contributed by atoms with Gasteiger partial charge in [-0.25, -0.2) is 4.79 Å². The Balaban J connectivity index is 1.68. The lowest BCUT2D eigenvalue weighted by atomic mass is 10.3. The molecule has 0 unspecified atom stereocenters. The summed E-state index contributed by atoms with van der Waals surface area (Å²) in [6, 6.07) is 13.9. The zero-order chi connectivity index (χ0) is 17.1. The van der Waals surface area contributed by atoms with E-state index < -0.39 is 0 Å². The number of guanidine groups is 1. The fourth-order valence-corrected chi connectivity index (χ4v) is 2.62. The molecule has 1 aliphatic rings. The Morgan fingerprint density at radius 1 is 1.12 bits per heavy atom. The Kier molecular flexibility index (Phi) is 4.57. The van der Waals surface area contributed by atoms with Crippen molar-refractivity contribution in [1.29, 1.82) is 5.41 Å². The van der Waals surface area contributed by atoms with Crippen molar-refractivity contribution >= 4 is 35.0 Å². The minimum atomic E-state index is -0.335. The van der Waals surface area contributed by atoms with Gasteiger partial charge in [0.25, 0.3) is 0 Å². The van der Waals surface area contributed by atoms with Gasteiger partial charge in [0.1, 0.15) is 5.75 Å². The first-order valence-corrected chi connectivity index (χ1v) is 7.80. The summed E-state index contributed by atoms with van der Waals surface area (Å²) >= 11 is 5.83. The van der Waals surface area contributed by atoms with Crippen LogP contribution in [0, 0.1) is 5.41 Å². The van der Waals surface area contributed by atoms with Crippen molar-refractivity contribution < 1.29 is 9.53 Å². The van der Waals surface area contributed by atoms with E-state index in [2.05, 4.69) is 5.32 Å². The van der Waals surface area contributed by atoms with Gasteiger partial charge in [0.2, 0.25) is 5.96 Å². The number of benzene rings is 2. The number of amides is 2. The summed E-state index contributed by atoms with van der Waals surface area (Å²) in [4.78, 5) is 15.6. The molecule has 2 aromatic rings. The first kappa shape index (κ1) is 16.1. The molecule has 0 atom stereocenters. The number of hydrogen-bond acceptors (Lipinski definition) is 3. The van der Waals surface area contributed by atoms with E-state index >= 15 is 0 Å². The van der Waals surface area contributed by atoms with E-state index in [4.69, 9.17) is 21.7 Å². The van der Waals surface area contributed by atoms with Gasteiger partial charge >= 0.3 is 6.03 Å². The monoisotopic (exact) mass is 344 g/mol. The highest BCUT2D eigenvalue weighted by atomic mass is 35.5. The summed E-state index contributed by atoms with van der Waals surface area (Å²) in [5, 5.41) is 11.6. The van der Waals surface area contributed by atoms with Crippen LogP contribution in [-0.4, -0.2) is 37.1 Å². The molecule has 1 saturated heterocycles. The molecule has 2 amide bonds. The van der Waals surface area contributed by atoms with E-state index in [1.54, 1.807) is 36.3 Å². The van der Waals surface area contributed by atoms with Crippen LogP contribution in [0.5, 0.6) is 5.75 Å². The molecule has 6 nitrogen and oxygen atoms in total. The van der Waals surface area contributed by atoms with Gasteiger partial charge < -0.3 is 15.0 Å². The first-order valence-electron chi connectivity index (χ1n) is 7.43. The van der Waals surface area contributed by atoms with Crippen molar-refractivity contribution in [2.75, 3.05) is 30.4 Å². The molecule has 1 aliphatic heterocycles. The van der Waals surface area contributed by atoms with Crippen molar-refractivity contribution in [3.63, 3.8) is 0 Å². The molecule has 0 bridgehead atoms. The highest BCUT2D eigenvalue weighted by Gasteiger charge is 2.30. The van der Waals surface area contributed by atoms with Crippen molar-refractivity contribution in [2.24, 2.45) is 0 Å². The van der Waals surface area contributed by atoms with E-state index in [0.717, 1.165) is 11.4 Å². The molecule has 7 heteroatoms. The first-order chi connectivity index (χ1) is 11.6. The summed E-state index contributed by atoms with van der Waals surface area (Å²) in [6.45, 7) is 1.02. The smallest absolute Gasteiger partial charge is 0.328 e. The zero-order valence-corrected chi connectivity index (χ0v) is 13.9. The van der Waals surface area contributed by atoms with Crippen LogP contribution in [0.4, 0.5) is 16.2 Å². The molecule has 3 rings (SSSR count). The standard InChI is InChI=1S/C17H17ClN4O2/c1-24-15-8-6-14(7-9-15)21-10-11-22(16(21)19)17(23)20-13-4-2-12(18)3-5-13/h2-9,19H,10-11H2,1H3,(H,20,23). The van der Waals surface area contributed by atoms with Crippen LogP contribution in [-0.2, 0) is 0 Å². The van der Waals surface area contributed by atoms with Crippen LogP contribution in [0.1, 0.15) is 0 Å². The number of carbonyl (C=O) groups is 1. The van der Waals surface area contributed by atoms with Gasteiger partial charge in [-0.1, -0.05) is 11.6 Å². The molecule has 0 radical (unpaired) electrons. The van der Waals surface area contributed by atoms with Crippen LogP contribution in [0.15, 0.2) is 48.5 Å². The van der Waals surface area contributed by atoms with Crippen LogP contribution in [0.25, 0.3) is 0 Å². The summed E-state index contributed by atoms with van der Waals surface area (Å²) in [7, 11) is 1.61. The number of nitrogens with zero attached hydrogens (tertiary/aromatic N) is 2. The number of urea groups is 1. The van der Waals surface area contributed by atoms with Gasteiger partial charge in [0, 0.05) is 29.5 Å². The summed E-state index contributed by atoms with van der Waals surface area (Å²) in [5.74, 6) is 0.897. The minimum Gasteiger partial charge on any atom is -0.497 e. The van der Waals surface area contributed by atoms with Crippen LogP contribution in [0.3, 0.4) is 0 Å². The fourth-order valence-electron chi connectivity index (χ4n) is 2.49. The van der Waals surface area contributed by atoms with E-state index in [-0.39, 0.29) is 12.0 Å². The van der Waals surface area contributed by atoms with E-state index in [0.29, 0.717) is 23.8 Å². The second-order valence-corrected chi connectivity index (χ2v) is 5.70. The lowest BCUT2D eigenvalue weighted by Gasteiger charge is -2.21. The van der Waals surface area contributed by atoms with Crippen molar-refractivity contribution in [3.8, 4) is 5.75 Å². The van der Waals surface area contributed by atoms with Crippen molar-refractivity contribution in [3.05, 3.63) is 53.6 Å². The summed E-state index contributed by atoms with van der Waals surface area (Å²) in [5.41, 5.74) is 1.49. The fraction of sp³-hybridized carbons (Fsp3) is 0.176. The van der Waals surface area contributed by atoms with Crippen molar-refractivity contribution in [1.82, 2.24) is 4.90 Å². The number of carbonyl (C=O) groups excluding carboxylic acids is 1. The molecule has 2 N–H and O–H groups in total. The molecule has 0 saturated carbocycles. The van der Waals surface area contributed by atoms with Gasteiger partial charge in [0.15, 0.2) is 0 Å². The Labute approximate surface area is 145 Å². The highest BCUT2D eigenvalue weighted by molar-refractivity contribution is 6.30. The largest absolute Gasteiger partial charge is 0.497 e. The van der Waals surface area contributed by atoms with E-state index in [1.165, 1.54) is 4.90 Å². The molecule has 2 aromatic carbocycles. The van der Waals surface area contributed by atoms with Crippen LogP contribution < -0.4 is 15.0 Å². The number of methoxy groups -OCH3 is 1. The number of anilines is 2. The normalized spacial score (nSPS) is 14.0. The van der Waals surface area contributed by atoms with Crippen LogP contribution >= 0.6 is 11.6 Å². The molecular formula is C17H17ClN4O2. The van der Waals surface area contributed by atoms with Crippen LogP contribution in [0.2, 0.25) is 5.02 Å². The second kappa shape index (κ2) is 6.80. The Morgan fingerprint density at radius 3 is 2.42 bits per heavy atom. The third-order valence-electron chi connectivity index (χ3n) is 3.78. The second-order valence-electron chi connectivity index (χ2n) is 5.26. The predicted molar refractivity (Wildman–Crippen MR) is 95.2 cm³/mol. The number of halogens is 1. The summed E-state index contributed by atoms with van der Waals surface area (Å²) < 4.78 is 5.14. The van der Waals surface area contributed by atoms with E-state index in [1.807, 2.05) is 24.3 Å². The molecule has 0 aromatic heterocycles. The van der Waals surface area contributed by atoms with E-state index in [9.17, 15) is 4.79 Å². The molecule has 1 fully saturated rings. The quantitative estimate of drug-likeness (QED) is 0.893. The minimum absolute atomic E-state index is 0.145. The summed E-state index contributed by atoms with van der Waals surface area (Å²) in [6.07, 6.45) is 0. The maximum absolute atomic E-state index is 12.4. The Hall–Kier alpha value is -2.73. The number of hydrogen-bond donors (Lipinski definition) is 2. The number of ether oxygens (including phenoxy) is 1. The topological polar surface area (TPSA) is 68.7 Å². The van der Waals surface area contributed by atoms with Gasteiger partial charge in [-0.3, -0.25) is 10.3 Å². The molecular weight excluding hydrogens is 328 g/mol. The Bertz CT molecular complexity index is 746.